The van der Waals surface area contributed by atoms with Gasteiger partial charge in [-0.1, -0.05) is 24.3 Å². The molecular formula is C17H14O3S. The number of esters is 1. The number of thiophene rings is 1. The third kappa shape index (κ3) is 2.38. The Morgan fingerprint density at radius 2 is 1.95 bits per heavy atom. The maximum Gasteiger partial charge on any atom is 0.331 e. The minimum absolute atomic E-state index is 0.363. The summed E-state index contributed by atoms with van der Waals surface area (Å²) in [5, 5.41) is 2.00. The van der Waals surface area contributed by atoms with E-state index in [4.69, 9.17) is 9.47 Å². The van der Waals surface area contributed by atoms with Gasteiger partial charge in [-0.2, -0.15) is 0 Å². The van der Waals surface area contributed by atoms with Gasteiger partial charge in [-0.25, -0.2) is 4.79 Å². The zero-order valence-corrected chi connectivity index (χ0v) is 12.6. The summed E-state index contributed by atoms with van der Waals surface area (Å²) in [5.41, 5.74) is 3.86. The van der Waals surface area contributed by atoms with Gasteiger partial charge in [-0.15, -0.1) is 11.3 Å². The summed E-state index contributed by atoms with van der Waals surface area (Å²) in [6, 6.07) is 9.94. The molecule has 0 saturated carbocycles. The minimum atomic E-state index is -0.363. The van der Waals surface area contributed by atoms with E-state index in [1.165, 1.54) is 13.2 Å². The van der Waals surface area contributed by atoms with Crippen LogP contribution in [-0.4, -0.2) is 20.2 Å². The third-order valence-electron chi connectivity index (χ3n) is 3.40. The van der Waals surface area contributed by atoms with Gasteiger partial charge in [0.05, 0.1) is 19.1 Å². The highest BCUT2D eigenvalue weighted by atomic mass is 32.1. The molecule has 21 heavy (non-hydrogen) atoms. The van der Waals surface area contributed by atoms with E-state index in [2.05, 4.69) is 0 Å². The van der Waals surface area contributed by atoms with Crippen molar-refractivity contribution in [2.45, 2.75) is 0 Å². The molecule has 0 saturated heterocycles. The Balaban J connectivity index is 2.30. The number of fused-ring (bicyclic) bond motifs is 2. The molecule has 3 nitrogen and oxygen atoms in total. The standard InChI is InChI=1S/C17H14O3S/c1-19-15-9-11-5-3-4-6-12(11)14(10-16(18)20-2)13-7-8-21-17(13)15/h3-10H,1-2H3/b14-10-. The lowest BCUT2D eigenvalue weighted by atomic mass is 9.96. The average Bonchev–Trinajstić information content (AvgIpc) is 2.95. The molecule has 2 aromatic rings. The Kier molecular flexibility index (Phi) is 3.62. The van der Waals surface area contributed by atoms with Crippen LogP contribution in [0, 0.1) is 0 Å². The predicted molar refractivity (Wildman–Crippen MR) is 84.7 cm³/mol. The van der Waals surface area contributed by atoms with E-state index in [0.717, 1.165) is 32.9 Å². The van der Waals surface area contributed by atoms with E-state index in [1.54, 1.807) is 18.4 Å². The van der Waals surface area contributed by atoms with Crippen LogP contribution in [0.25, 0.3) is 17.4 Å². The zero-order valence-electron chi connectivity index (χ0n) is 11.8. The van der Waals surface area contributed by atoms with Crippen molar-refractivity contribution in [3.05, 3.63) is 63.4 Å². The van der Waals surface area contributed by atoms with Crippen LogP contribution in [0.2, 0.25) is 0 Å². The number of hydrogen-bond acceptors (Lipinski definition) is 4. The molecule has 106 valence electrons. The van der Waals surface area contributed by atoms with Gasteiger partial charge in [0.15, 0.2) is 0 Å². The molecule has 1 aromatic heterocycles. The summed E-state index contributed by atoms with van der Waals surface area (Å²) in [5.74, 6) is 0.443. The summed E-state index contributed by atoms with van der Waals surface area (Å²) >= 11 is 1.59. The minimum Gasteiger partial charge on any atom is -0.495 e. The Morgan fingerprint density at radius 3 is 2.71 bits per heavy atom. The Morgan fingerprint density at radius 1 is 1.14 bits per heavy atom. The molecule has 1 aliphatic carbocycles. The van der Waals surface area contributed by atoms with Crippen molar-refractivity contribution in [3.63, 3.8) is 0 Å². The number of carbonyl (C=O) groups is 1. The molecule has 0 fully saturated rings. The Hall–Kier alpha value is -2.33. The van der Waals surface area contributed by atoms with Crippen LogP contribution >= 0.6 is 11.3 Å². The van der Waals surface area contributed by atoms with Crippen molar-refractivity contribution in [2.75, 3.05) is 14.2 Å². The van der Waals surface area contributed by atoms with Gasteiger partial charge in [-0.05, 0) is 34.2 Å². The van der Waals surface area contributed by atoms with Crippen LogP contribution in [-0.2, 0) is 14.3 Å². The van der Waals surface area contributed by atoms with E-state index < -0.39 is 0 Å². The molecule has 1 aliphatic rings. The van der Waals surface area contributed by atoms with Crippen LogP contribution in [0.4, 0.5) is 0 Å². The molecule has 0 spiro atoms. The lowest BCUT2D eigenvalue weighted by molar-refractivity contribution is -0.134. The summed E-state index contributed by atoms with van der Waals surface area (Å²) in [6.07, 6.45) is 3.54. The van der Waals surface area contributed by atoms with Gasteiger partial charge >= 0.3 is 5.97 Å². The van der Waals surface area contributed by atoms with E-state index in [1.807, 2.05) is 41.8 Å². The summed E-state index contributed by atoms with van der Waals surface area (Å²) < 4.78 is 10.3. The molecule has 1 aromatic carbocycles. The predicted octanol–water partition coefficient (Wildman–Crippen LogP) is 3.81. The molecular weight excluding hydrogens is 284 g/mol. The molecule has 0 N–H and O–H groups in total. The zero-order chi connectivity index (χ0) is 14.8. The van der Waals surface area contributed by atoms with Gasteiger partial charge in [0.25, 0.3) is 0 Å². The number of ether oxygens (including phenoxy) is 2. The van der Waals surface area contributed by atoms with Crippen molar-refractivity contribution in [2.24, 2.45) is 0 Å². The van der Waals surface area contributed by atoms with Crippen LogP contribution < -0.4 is 0 Å². The number of benzene rings is 1. The first kappa shape index (κ1) is 13.6. The van der Waals surface area contributed by atoms with Crippen molar-refractivity contribution >= 4 is 34.7 Å². The second-order valence-corrected chi connectivity index (χ2v) is 5.46. The normalized spacial score (nSPS) is 14.8. The second kappa shape index (κ2) is 5.58. The highest BCUT2D eigenvalue weighted by Gasteiger charge is 2.21. The van der Waals surface area contributed by atoms with Crippen molar-refractivity contribution in [1.29, 1.82) is 0 Å². The Bertz CT molecular complexity index is 753. The number of hydrogen-bond donors (Lipinski definition) is 0. The van der Waals surface area contributed by atoms with Crippen molar-refractivity contribution in [3.8, 4) is 0 Å². The molecule has 0 unspecified atom stereocenters. The average molecular weight is 298 g/mol. The van der Waals surface area contributed by atoms with Crippen molar-refractivity contribution < 1.29 is 14.3 Å². The van der Waals surface area contributed by atoms with Crippen LogP contribution in [0.1, 0.15) is 21.6 Å². The largest absolute Gasteiger partial charge is 0.495 e. The van der Waals surface area contributed by atoms with Crippen LogP contribution in [0.15, 0.2) is 41.8 Å². The van der Waals surface area contributed by atoms with Gasteiger partial charge < -0.3 is 9.47 Å². The molecule has 0 atom stereocenters. The topological polar surface area (TPSA) is 35.5 Å². The van der Waals surface area contributed by atoms with Crippen molar-refractivity contribution in [1.82, 2.24) is 0 Å². The summed E-state index contributed by atoms with van der Waals surface area (Å²) in [4.78, 5) is 12.8. The van der Waals surface area contributed by atoms with E-state index in [9.17, 15) is 4.79 Å². The molecule has 0 radical (unpaired) electrons. The van der Waals surface area contributed by atoms with Crippen LogP contribution in [0.3, 0.4) is 0 Å². The first-order valence-electron chi connectivity index (χ1n) is 6.47. The summed E-state index contributed by atoms with van der Waals surface area (Å²) in [7, 11) is 3.04. The second-order valence-electron chi connectivity index (χ2n) is 4.54. The number of carbonyl (C=O) groups excluding carboxylic acids is 1. The van der Waals surface area contributed by atoms with Gasteiger partial charge in [-0.3, -0.25) is 0 Å². The SMILES string of the molecule is COC(=O)/C=C1/c2ccccc2C=C(OC)c2sccc21. The molecule has 3 rings (SSSR count). The Labute approximate surface area is 127 Å². The molecule has 4 heteroatoms. The highest BCUT2D eigenvalue weighted by molar-refractivity contribution is 7.11. The van der Waals surface area contributed by atoms with Gasteiger partial charge in [0.1, 0.15) is 5.76 Å². The van der Waals surface area contributed by atoms with E-state index >= 15 is 0 Å². The quantitative estimate of drug-likeness (QED) is 0.625. The lowest BCUT2D eigenvalue weighted by Gasteiger charge is -2.08. The number of methoxy groups -OCH3 is 2. The molecule has 1 heterocycles. The fourth-order valence-electron chi connectivity index (χ4n) is 2.42. The molecule has 0 amide bonds. The maximum atomic E-state index is 11.7. The fraction of sp³-hybridized carbons (Fsp3) is 0.118. The fourth-order valence-corrected chi connectivity index (χ4v) is 3.32. The van der Waals surface area contributed by atoms with E-state index in [-0.39, 0.29) is 5.97 Å². The third-order valence-corrected chi connectivity index (χ3v) is 4.33. The first-order chi connectivity index (χ1) is 10.2. The molecule has 0 bridgehead atoms. The summed E-state index contributed by atoms with van der Waals surface area (Å²) in [6.45, 7) is 0. The monoisotopic (exact) mass is 298 g/mol. The highest BCUT2D eigenvalue weighted by Crippen LogP contribution is 2.40. The maximum absolute atomic E-state index is 11.7. The number of rotatable bonds is 2. The van der Waals surface area contributed by atoms with Crippen LogP contribution in [0.5, 0.6) is 0 Å². The van der Waals surface area contributed by atoms with Gasteiger partial charge in [0.2, 0.25) is 0 Å². The van der Waals surface area contributed by atoms with E-state index in [0.29, 0.717) is 0 Å². The smallest absolute Gasteiger partial charge is 0.331 e. The van der Waals surface area contributed by atoms with Gasteiger partial charge in [0, 0.05) is 11.6 Å². The molecule has 0 aliphatic heterocycles. The first-order valence-corrected chi connectivity index (χ1v) is 7.35. The lowest BCUT2D eigenvalue weighted by Crippen LogP contribution is -1.99.